The first-order valence-corrected chi connectivity index (χ1v) is 7.02. The molecule has 0 aliphatic carbocycles. The van der Waals surface area contributed by atoms with Gasteiger partial charge < -0.3 is 0 Å². The maximum Gasteiger partial charge on any atom is 0.204 e. The zero-order chi connectivity index (χ0) is 13.9. The third-order valence-electron chi connectivity index (χ3n) is 2.84. The van der Waals surface area contributed by atoms with Crippen LogP contribution in [0.3, 0.4) is 0 Å². The lowest BCUT2D eigenvalue weighted by atomic mass is 10.1. The van der Waals surface area contributed by atoms with Crippen LogP contribution in [0, 0.1) is 6.92 Å². The van der Waals surface area contributed by atoms with Gasteiger partial charge in [-0.2, -0.15) is 4.80 Å². The molecule has 20 heavy (non-hydrogen) atoms. The normalized spacial score (nSPS) is 10.7. The summed E-state index contributed by atoms with van der Waals surface area (Å²) in [6, 6.07) is 11.5. The highest BCUT2D eigenvalue weighted by Gasteiger charge is 2.11. The van der Waals surface area contributed by atoms with Crippen LogP contribution in [-0.2, 0) is 6.54 Å². The maximum atomic E-state index is 11.9. The Morgan fingerprint density at radius 1 is 1.25 bits per heavy atom. The van der Waals surface area contributed by atoms with Crippen molar-refractivity contribution >= 4 is 17.1 Å². The molecule has 0 saturated heterocycles. The highest BCUT2D eigenvalue weighted by Crippen LogP contribution is 2.14. The van der Waals surface area contributed by atoms with E-state index in [2.05, 4.69) is 15.4 Å². The average Bonchev–Trinajstić information content (AvgIpc) is 3.10. The van der Waals surface area contributed by atoms with E-state index in [1.807, 2.05) is 42.6 Å². The Labute approximate surface area is 119 Å². The number of carbonyl (C=O) groups excluding carboxylic acids is 1. The second-order valence-electron chi connectivity index (χ2n) is 4.41. The molecule has 1 aromatic carbocycles. The summed E-state index contributed by atoms with van der Waals surface area (Å²) >= 11 is 1.42. The molecule has 2 heterocycles. The second-order valence-corrected chi connectivity index (χ2v) is 5.36. The smallest absolute Gasteiger partial charge is 0.204 e. The van der Waals surface area contributed by atoms with Crippen LogP contribution in [0.25, 0.3) is 11.4 Å². The van der Waals surface area contributed by atoms with Crippen molar-refractivity contribution in [1.29, 1.82) is 0 Å². The van der Waals surface area contributed by atoms with E-state index in [9.17, 15) is 4.79 Å². The van der Waals surface area contributed by atoms with Gasteiger partial charge in [0.2, 0.25) is 5.82 Å². The van der Waals surface area contributed by atoms with Gasteiger partial charge in [0, 0.05) is 5.56 Å². The minimum atomic E-state index is -0.00661. The largest absolute Gasteiger partial charge is 0.291 e. The molecule has 0 fully saturated rings. The molecule has 0 radical (unpaired) electrons. The average molecular weight is 284 g/mol. The lowest BCUT2D eigenvalue weighted by Crippen LogP contribution is -2.12. The van der Waals surface area contributed by atoms with Gasteiger partial charge in [0.15, 0.2) is 5.78 Å². The van der Waals surface area contributed by atoms with E-state index in [-0.39, 0.29) is 12.3 Å². The van der Waals surface area contributed by atoms with Crippen LogP contribution in [0.2, 0.25) is 0 Å². The third-order valence-corrected chi connectivity index (χ3v) is 3.75. The third kappa shape index (κ3) is 2.65. The molecule has 2 aromatic heterocycles. The van der Waals surface area contributed by atoms with E-state index in [0.717, 1.165) is 5.56 Å². The first-order valence-electron chi connectivity index (χ1n) is 6.14. The van der Waals surface area contributed by atoms with E-state index in [4.69, 9.17) is 0 Å². The number of benzene rings is 1. The zero-order valence-corrected chi connectivity index (χ0v) is 11.7. The number of thiophene rings is 1. The monoisotopic (exact) mass is 284 g/mol. The van der Waals surface area contributed by atoms with E-state index in [0.29, 0.717) is 10.7 Å². The standard InChI is InChI=1S/C14H12N4OS/c1-10-4-6-11(7-5-10)14-15-17-18(16-14)9-12(19)13-3-2-8-20-13/h2-8H,9H2,1H3. The summed E-state index contributed by atoms with van der Waals surface area (Å²) in [4.78, 5) is 14.0. The number of Topliss-reactive ketones (excluding diaryl/α,β-unsaturated/α-hetero) is 1. The summed E-state index contributed by atoms with van der Waals surface area (Å²) in [5, 5.41) is 14.0. The molecule has 0 unspecified atom stereocenters. The highest BCUT2D eigenvalue weighted by atomic mass is 32.1. The fourth-order valence-electron chi connectivity index (χ4n) is 1.77. The molecule has 0 aliphatic heterocycles. The van der Waals surface area contributed by atoms with E-state index < -0.39 is 0 Å². The molecule has 100 valence electrons. The molecule has 5 nitrogen and oxygen atoms in total. The van der Waals surface area contributed by atoms with E-state index in [1.165, 1.54) is 21.7 Å². The predicted molar refractivity (Wildman–Crippen MR) is 76.6 cm³/mol. The van der Waals surface area contributed by atoms with Crippen molar-refractivity contribution in [3.05, 3.63) is 52.2 Å². The SMILES string of the molecule is Cc1ccc(-c2nnn(CC(=O)c3cccs3)n2)cc1. The van der Waals surface area contributed by atoms with Crippen LogP contribution in [-0.4, -0.2) is 26.0 Å². The number of aromatic nitrogens is 4. The van der Waals surface area contributed by atoms with Crippen LogP contribution in [0.15, 0.2) is 41.8 Å². The maximum absolute atomic E-state index is 11.9. The number of hydrogen-bond acceptors (Lipinski definition) is 5. The summed E-state index contributed by atoms with van der Waals surface area (Å²) in [5.41, 5.74) is 2.07. The van der Waals surface area contributed by atoms with Crippen LogP contribution in [0.4, 0.5) is 0 Å². The number of carbonyl (C=O) groups is 1. The van der Waals surface area contributed by atoms with Crippen LogP contribution >= 0.6 is 11.3 Å². The van der Waals surface area contributed by atoms with Gasteiger partial charge in [0.1, 0.15) is 6.54 Å². The lowest BCUT2D eigenvalue weighted by Gasteiger charge is -1.96. The van der Waals surface area contributed by atoms with Crippen molar-refractivity contribution < 1.29 is 4.79 Å². The first-order chi connectivity index (χ1) is 9.72. The van der Waals surface area contributed by atoms with Gasteiger partial charge in [0.25, 0.3) is 0 Å². The molecule has 0 spiro atoms. The zero-order valence-electron chi connectivity index (χ0n) is 10.9. The summed E-state index contributed by atoms with van der Waals surface area (Å²) in [5.74, 6) is 0.525. The van der Waals surface area contributed by atoms with Crippen molar-refractivity contribution in [3.8, 4) is 11.4 Å². The minimum Gasteiger partial charge on any atom is -0.291 e. The molecule has 0 aliphatic rings. The summed E-state index contributed by atoms with van der Waals surface area (Å²) in [6.45, 7) is 2.13. The van der Waals surface area contributed by atoms with Crippen LogP contribution in [0.1, 0.15) is 15.2 Å². The van der Waals surface area contributed by atoms with Gasteiger partial charge >= 0.3 is 0 Å². The molecule has 3 aromatic rings. The Morgan fingerprint density at radius 3 is 2.75 bits per heavy atom. The number of tetrazole rings is 1. The molecular weight excluding hydrogens is 272 g/mol. The molecule has 6 heteroatoms. The number of rotatable bonds is 4. The summed E-state index contributed by atoms with van der Waals surface area (Å²) in [6.07, 6.45) is 0. The summed E-state index contributed by atoms with van der Waals surface area (Å²) < 4.78 is 0. The molecule has 0 atom stereocenters. The Kier molecular flexibility index (Phi) is 3.39. The number of hydrogen-bond donors (Lipinski definition) is 0. The minimum absolute atomic E-state index is 0.00661. The van der Waals surface area contributed by atoms with Crippen LogP contribution < -0.4 is 0 Å². The van der Waals surface area contributed by atoms with Crippen molar-refractivity contribution in [2.45, 2.75) is 13.5 Å². The van der Waals surface area contributed by atoms with Crippen molar-refractivity contribution in [3.63, 3.8) is 0 Å². The first kappa shape index (κ1) is 12.7. The van der Waals surface area contributed by atoms with Gasteiger partial charge in [-0.3, -0.25) is 4.79 Å². The molecule has 0 bridgehead atoms. The van der Waals surface area contributed by atoms with E-state index >= 15 is 0 Å². The van der Waals surface area contributed by atoms with Gasteiger partial charge in [-0.15, -0.1) is 21.5 Å². The Balaban J connectivity index is 1.77. The molecule has 0 amide bonds. The number of aryl methyl sites for hydroxylation is 1. The number of ketones is 1. The number of nitrogens with zero attached hydrogens (tertiary/aromatic N) is 4. The molecule has 0 saturated carbocycles. The topological polar surface area (TPSA) is 60.7 Å². The molecule has 3 rings (SSSR count). The Hall–Kier alpha value is -2.34. The Morgan fingerprint density at radius 2 is 2.05 bits per heavy atom. The molecule has 0 N–H and O–H groups in total. The summed E-state index contributed by atoms with van der Waals surface area (Å²) in [7, 11) is 0. The van der Waals surface area contributed by atoms with Gasteiger partial charge in [0.05, 0.1) is 4.88 Å². The molecular formula is C14H12N4OS. The van der Waals surface area contributed by atoms with Crippen molar-refractivity contribution in [2.75, 3.05) is 0 Å². The highest BCUT2D eigenvalue weighted by molar-refractivity contribution is 7.12. The predicted octanol–water partition coefficient (Wildman–Crippen LogP) is 2.59. The van der Waals surface area contributed by atoms with Crippen LogP contribution in [0.5, 0.6) is 0 Å². The quantitative estimate of drug-likeness (QED) is 0.691. The van der Waals surface area contributed by atoms with Crippen molar-refractivity contribution in [1.82, 2.24) is 20.2 Å². The fourth-order valence-corrected chi connectivity index (χ4v) is 2.43. The Bertz CT molecular complexity index is 716. The van der Waals surface area contributed by atoms with Gasteiger partial charge in [-0.25, -0.2) is 0 Å². The van der Waals surface area contributed by atoms with E-state index in [1.54, 1.807) is 6.07 Å². The second kappa shape index (κ2) is 5.34. The van der Waals surface area contributed by atoms with Gasteiger partial charge in [-0.1, -0.05) is 35.9 Å². The van der Waals surface area contributed by atoms with Crippen molar-refractivity contribution in [2.24, 2.45) is 0 Å². The fraction of sp³-hybridized carbons (Fsp3) is 0.143. The van der Waals surface area contributed by atoms with Gasteiger partial charge in [-0.05, 0) is 23.6 Å². The lowest BCUT2D eigenvalue weighted by molar-refractivity contribution is 0.0965.